The summed E-state index contributed by atoms with van der Waals surface area (Å²) >= 11 is 0. The molecular weight excluding hydrogens is 597 g/mol. The van der Waals surface area contributed by atoms with Gasteiger partial charge in [0.2, 0.25) is 10.0 Å². The Morgan fingerprint density at radius 2 is 1.72 bits per heavy atom. The third-order valence-electron chi connectivity index (χ3n) is 6.84. The lowest BCUT2D eigenvalue weighted by molar-refractivity contribution is -0.163. The van der Waals surface area contributed by atoms with Crippen LogP contribution in [0, 0.1) is 11.7 Å². The van der Waals surface area contributed by atoms with Crippen LogP contribution in [0.5, 0.6) is 5.75 Å². The average Bonchev–Trinajstić information content (AvgIpc) is 3.00. The molecule has 0 aliphatic carbocycles. The number of hydrogen-bond acceptors (Lipinski definition) is 7. The van der Waals surface area contributed by atoms with Crippen molar-refractivity contribution in [3.63, 3.8) is 0 Å². The Labute approximate surface area is 265 Å². The summed E-state index contributed by atoms with van der Waals surface area (Å²) in [6.07, 6.45) is -1.12. The highest BCUT2D eigenvalue weighted by Gasteiger charge is 2.52. The number of nitrogens with zero attached hydrogens (tertiary/aromatic N) is 2. The van der Waals surface area contributed by atoms with Crippen molar-refractivity contribution in [2.75, 3.05) is 27.2 Å². The van der Waals surface area contributed by atoms with Gasteiger partial charge in [0.1, 0.15) is 17.6 Å². The van der Waals surface area contributed by atoms with Gasteiger partial charge in [-0.05, 0) is 59.8 Å². The molecule has 2 atom stereocenters. The number of nitrogens with two attached hydrogens (primary N) is 1. The summed E-state index contributed by atoms with van der Waals surface area (Å²) in [4.78, 5) is 26.4. The number of ether oxygens (including phenoxy) is 2. The van der Waals surface area contributed by atoms with Gasteiger partial charge < -0.3 is 20.1 Å². The van der Waals surface area contributed by atoms with E-state index in [1.54, 1.807) is 34.0 Å². The molecule has 43 heavy (non-hydrogen) atoms. The van der Waals surface area contributed by atoms with Crippen molar-refractivity contribution >= 4 is 34.3 Å². The number of benzene rings is 3. The van der Waals surface area contributed by atoms with E-state index in [0.29, 0.717) is 11.1 Å². The van der Waals surface area contributed by atoms with E-state index in [-0.39, 0.29) is 42.7 Å². The molecule has 4 rings (SSSR count). The van der Waals surface area contributed by atoms with Gasteiger partial charge in [0.15, 0.2) is 11.7 Å². The second kappa shape index (κ2) is 13.9. The molecule has 1 saturated heterocycles. The Bertz CT molecular complexity index is 1760. The molecule has 1 aliphatic heterocycles. The minimum absolute atomic E-state index is 0. The maximum Gasteiger partial charge on any atom is 0.324 e. The standard InChI is InChI=1S/C31H36FN3O6S.ClH/c1-21(2)28(29(36)34(3)4)40-30(37)27(33)18-22-9-8-12-26(17-22)42(38,39)35-19-31(20-35,23-13-15-24(32)16-14-23)41-25-10-6-5-7-11-25;/h5-17,21,27-28H,18-20,33H2,1-4H3;1H/t27-,28?;/m0./s1/i5D,6D,7D,10D,11D;. The van der Waals surface area contributed by atoms with Gasteiger partial charge in [0, 0.05) is 14.1 Å². The minimum atomic E-state index is -4.18. The van der Waals surface area contributed by atoms with Gasteiger partial charge in [0.25, 0.3) is 5.91 Å². The topological polar surface area (TPSA) is 119 Å². The Morgan fingerprint density at radius 1 is 1.09 bits per heavy atom. The number of carbonyl (C=O) groups excluding carboxylic acids is 2. The zero-order valence-electron chi connectivity index (χ0n) is 29.1. The molecule has 0 aromatic heterocycles. The third kappa shape index (κ3) is 7.72. The fourth-order valence-electron chi connectivity index (χ4n) is 4.50. The smallest absolute Gasteiger partial charge is 0.324 e. The van der Waals surface area contributed by atoms with Crippen LogP contribution >= 0.6 is 12.4 Å². The lowest BCUT2D eigenvalue weighted by Crippen LogP contribution is -2.64. The molecule has 3 aromatic carbocycles. The minimum Gasteiger partial charge on any atom is -0.480 e. The lowest BCUT2D eigenvalue weighted by atomic mass is 9.87. The molecule has 12 heteroatoms. The van der Waals surface area contributed by atoms with E-state index in [1.807, 2.05) is 0 Å². The van der Waals surface area contributed by atoms with Crippen molar-refractivity contribution in [3.8, 4) is 5.75 Å². The average molecular weight is 639 g/mol. The van der Waals surface area contributed by atoms with Crippen molar-refractivity contribution in [1.29, 1.82) is 0 Å². The fourth-order valence-corrected chi connectivity index (χ4v) is 6.10. The number of esters is 1. The zero-order valence-corrected chi connectivity index (χ0v) is 25.7. The molecule has 1 aliphatic rings. The van der Waals surface area contributed by atoms with Crippen molar-refractivity contribution in [2.45, 2.75) is 42.9 Å². The van der Waals surface area contributed by atoms with Crippen molar-refractivity contribution in [3.05, 3.63) is 95.7 Å². The van der Waals surface area contributed by atoms with E-state index in [4.69, 9.17) is 22.1 Å². The number of para-hydroxylation sites is 1. The first-order valence-corrected chi connectivity index (χ1v) is 14.6. The maximum absolute atomic E-state index is 13.8. The molecule has 232 valence electrons. The number of rotatable bonds is 11. The normalized spacial score (nSPS) is 17.5. The number of amides is 1. The molecule has 0 spiro atoms. The molecule has 1 amide bonds. The van der Waals surface area contributed by atoms with Gasteiger partial charge in [-0.2, -0.15) is 4.31 Å². The van der Waals surface area contributed by atoms with Crippen molar-refractivity contribution < 1.29 is 38.7 Å². The Kier molecular flexibility index (Phi) is 8.72. The second-order valence-electron chi connectivity index (χ2n) is 10.6. The number of likely N-dealkylation sites (N-methyl/N-ethyl adjacent to an activating group) is 1. The Morgan fingerprint density at radius 3 is 2.30 bits per heavy atom. The largest absolute Gasteiger partial charge is 0.480 e. The SMILES string of the molecule is Cl.[2H]c1c([2H])c([2H])c(OC2(c3ccc(F)cc3)CN(S(=O)(=O)c3cccc(C[C@H](N)C(=O)OC(C(=O)N(C)C)C(C)C)c3)C2)c([2H])c1[2H]. The molecule has 1 unspecified atom stereocenters. The third-order valence-corrected chi connectivity index (χ3v) is 8.62. The second-order valence-corrected chi connectivity index (χ2v) is 12.6. The summed E-state index contributed by atoms with van der Waals surface area (Å²) in [7, 11) is -1.09. The van der Waals surface area contributed by atoms with E-state index >= 15 is 0 Å². The zero-order chi connectivity index (χ0) is 35.0. The molecule has 1 fully saturated rings. The van der Waals surface area contributed by atoms with Crippen LogP contribution in [0.4, 0.5) is 4.39 Å². The van der Waals surface area contributed by atoms with Crippen LogP contribution in [0.1, 0.15) is 31.8 Å². The monoisotopic (exact) mass is 638 g/mol. The van der Waals surface area contributed by atoms with Crippen LogP contribution in [0.3, 0.4) is 0 Å². The van der Waals surface area contributed by atoms with Gasteiger partial charge in [-0.1, -0.05) is 56.2 Å². The fraction of sp³-hybridized carbons (Fsp3) is 0.355. The Balaban J connectivity index is 0.00000625. The van der Waals surface area contributed by atoms with Crippen molar-refractivity contribution in [1.82, 2.24) is 9.21 Å². The highest BCUT2D eigenvalue weighted by atomic mass is 35.5. The first kappa shape index (κ1) is 27.1. The maximum atomic E-state index is 13.8. The van der Waals surface area contributed by atoms with Crippen LogP contribution in [-0.4, -0.2) is 68.8 Å². The molecule has 0 bridgehead atoms. The molecule has 2 N–H and O–H groups in total. The molecule has 1 heterocycles. The van der Waals surface area contributed by atoms with Gasteiger partial charge in [-0.25, -0.2) is 12.8 Å². The molecular formula is C31H37ClFN3O6S. The highest BCUT2D eigenvalue weighted by molar-refractivity contribution is 7.89. The van der Waals surface area contributed by atoms with Crippen LogP contribution in [0.25, 0.3) is 0 Å². The van der Waals surface area contributed by atoms with Gasteiger partial charge in [-0.3, -0.25) is 9.59 Å². The van der Waals surface area contributed by atoms with E-state index in [0.717, 1.165) is 16.4 Å². The van der Waals surface area contributed by atoms with Crippen molar-refractivity contribution in [2.24, 2.45) is 11.7 Å². The van der Waals surface area contributed by atoms with E-state index in [1.165, 1.54) is 35.2 Å². The summed E-state index contributed by atoms with van der Waals surface area (Å²) in [6, 6.07) is 6.61. The number of carbonyl (C=O) groups is 2. The van der Waals surface area contributed by atoms with E-state index in [2.05, 4.69) is 0 Å². The molecule has 9 nitrogen and oxygen atoms in total. The molecule has 0 radical (unpaired) electrons. The lowest BCUT2D eigenvalue weighted by Gasteiger charge is -2.48. The van der Waals surface area contributed by atoms with Crippen LogP contribution < -0.4 is 10.5 Å². The number of sulfonamides is 1. The van der Waals surface area contributed by atoms with Crippen LogP contribution in [-0.2, 0) is 36.4 Å². The van der Waals surface area contributed by atoms with Gasteiger partial charge in [0.05, 0.1) is 24.8 Å². The van der Waals surface area contributed by atoms with E-state index < -0.39 is 81.4 Å². The quantitative estimate of drug-likeness (QED) is 0.318. The van der Waals surface area contributed by atoms with Gasteiger partial charge in [-0.15, -0.1) is 12.4 Å². The van der Waals surface area contributed by atoms with Gasteiger partial charge >= 0.3 is 5.97 Å². The molecule has 3 aromatic rings. The highest BCUT2D eigenvalue weighted by Crippen LogP contribution is 2.40. The summed E-state index contributed by atoms with van der Waals surface area (Å²) in [6.45, 7) is 2.81. The summed E-state index contributed by atoms with van der Waals surface area (Å²) in [5.74, 6) is -2.54. The Hall–Kier alpha value is -3.51. The number of hydrogen-bond donors (Lipinski definition) is 1. The van der Waals surface area contributed by atoms with E-state index in [9.17, 15) is 22.4 Å². The first-order chi connectivity index (χ1) is 21.9. The summed E-state index contributed by atoms with van der Waals surface area (Å²) in [5, 5.41) is 0. The molecule has 0 saturated carbocycles. The number of halogens is 2. The summed E-state index contributed by atoms with van der Waals surface area (Å²) < 4.78 is 94.2. The predicted molar refractivity (Wildman–Crippen MR) is 163 cm³/mol. The summed E-state index contributed by atoms with van der Waals surface area (Å²) in [5.41, 5.74) is 5.34. The predicted octanol–water partition coefficient (Wildman–Crippen LogP) is 3.75. The van der Waals surface area contributed by atoms with Crippen LogP contribution in [0.2, 0.25) is 0 Å². The first-order valence-electron chi connectivity index (χ1n) is 15.7. The van der Waals surface area contributed by atoms with Crippen LogP contribution in [0.15, 0.2) is 83.6 Å².